The smallest absolute Gasteiger partial charge is 0.436 e. The van der Waals surface area contributed by atoms with E-state index in [2.05, 4.69) is 9.98 Å². The predicted molar refractivity (Wildman–Crippen MR) is 201 cm³/mol. The Balaban J connectivity index is 1.67. The number of ketones is 1. The third kappa shape index (κ3) is 15.2. The Labute approximate surface area is 322 Å². The lowest BCUT2D eigenvalue weighted by atomic mass is 9.96. The van der Waals surface area contributed by atoms with Crippen molar-refractivity contribution in [3.05, 3.63) is 65.5 Å². The summed E-state index contributed by atoms with van der Waals surface area (Å²) in [6.07, 6.45) is 0.694. The first-order valence-electron chi connectivity index (χ1n) is 18.3. The molecule has 0 bridgehead atoms. The van der Waals surface area contributed by atoms with Gasteiger partial charge in [-0.3, -0.25) is 14.6 Å². The van der Waals surface area contributed by atoms with Gasteiger partial charge in [-0.15, -0.1) is 0 Å². The Kier molecular flexibility index (Phi) is 16.0. The summed E-state index contributed by atoms with van der Waals surface area (Å²) in [6.45, 7) is 15.8. The lowest BCUT2D eigenvalue weighted by Gasteiger charge is -2.33. The maximum Gasteiger partial charge on any atom is 0.436 e. The molecule has 1 aliphatic rings. The molecular weight excluding hydrogens is 712 g/mol. The molecule has 3 rings (SSSR count). The molecule has 2 heterocycles. The number of carbonyl (C=O) groups is 6. The van der Waals surface area contributed by atoms with E-state index in [0.29, 0.717) is 30.8 Å². The molecule has 1 saturated heterocycles. The Hall–Kier alpha value is -5.18. The standard InChI is InChI=1S/C40H54N4O11/c1-26(2)23-53-37(49)44(38(50)55-40(7,8)9)34(42-36(48)54-39(4,5)6)30-14-12-29(13-15-30)32(45)21-27(3)35(47)43-19-16-31(17-20-43)51-25-33(46)52-24-28-11-10-18-41-22-28/h10-15,18,22,26-27,31H,16-17,19-21,23-25H2,1-9H3/t27-/m1/s1. The molecule has 1 aromatic carbocycles. The number of aliphatic imine (C=N–C) groups is 1. The molecule has 15 nitrogen and oxygen atoms in total. The molecule has 0 aliphatic carbocycles. The summed E-state index contributed by atoms with van der Waals surface area (Å²) < 4.78 is 27.1. The highest BCUT2D eigenvalue weighted by Gasteiger charge is 2.35. The number of Topliss-reactive ketones (excluding diaryl/α,β-unsaturated/α-hetero) is 1. The minimum absolute atomic E-state index is 0.0294. The molecule has 55 heavy (non-hydrogen) atoms. The summed E-state index contributed by atoms with van der Waals surface area (Å²) in [6, 6.07) is 9.32. The summed E-state index contributed by atoms with van der Waals surface area (Å²) in [5, 5.41) is 0. The zero-order chi connectivity index (χ0) is 40.9. The first-order valence-corrected chi connectivity index (χ1v) is 18.3. The average molecular weight is 767 g/mol. The molecule has 0 radical (unpaired) electrons. The molecule has 1 atom stereocenters. The molecule has 4 amide bonds. The van der Waals surface area contributed by atoms with Gasteiger partial charge in [-0.25, -0.2) is 19.2 Å². The van der Waals surface area contributed by atoms with Gasteiger partial charge in [0, 0.05) is 54.5 Å². The van der Waals surface area contributed by atoms with Crippen LogP contribution in [-0.2, 0) is 39.9 Å². The fourth-order valence-corrected chi connectivity index (χ4v) is 5.19. The SMILES string of the molecule is CC(C)COC(=O)N(C(=O)OC(C)(C)C)C(=NC(=O)OC(C)(C)C)c1ccc(C(=O)C[C@@H](C)C(=O)N2CCC(OCC(=O)OCc3cccnc3)CC2)cc1. The number of ether oxygens (including phenoxy) is 5. The van der Waals surface area contributed by atoms with Crippen molar-refractivity contribution in [3.63, 3.8) is 0 Å². The monoisotopic (exact) mass is 766 g/mol. The molecule has 0 N–H and O–H groups in total. The Morgan fingerprint density at radius 2 is 1.47 bits per heavy atom. The van der Waals surface area contributed by atoms with Gasteiger partial charge in [-0.1, -0.05) is 51.1 Å². The molecule has 0 saturated carbocycles. The van der Waals surface area contributed by atoms with Gasteiger partial charge in [0.25, 0.3) is 0 Å². The number of piperidine rings is 1. The van der Waals surface area contributed by atoms with E-state index in [4.69, 9.17) is 23.7 Å². The van der Waals surface area contributed by atoms with Crippen LogP contribution in [0.2, 0.25) is 0 Å². The minimum Gasteiger partial charge on any atom is -0.459 e. The molecular formula is C40H54N4O11. The summed E-state index contributed by atoms with van der Waals surface area (Å²) in [5.41, 5.74) is -0.810. The summed E-state index contributed by atoms with van der Waals surface area (Å²) in [5.74, 6) is -2.11. The van der Waals surface area contributed by atoms with Crippen LogP contribution in [0.4, 0.5) is 14.4 Å². The van der Waals surface area contributed by atoms with E-state index < -0.39 is 47.2 Å². The molecule has 15 heteroatoms. The van der Waals surface area contributed by atoms with Crippen LogP contribution in [0.5, 0.6) is 0 Å². The summed E-state index contributed by atoms with van der Waals surface area (Å²) >= 11 is 0. The van der Waals surface area contributed by atoms with E-state index >= 15 is 0 Å². The van der Waals surface area contributed by atoms with Crippen LogP contribution in [0.3, 0.4) is 0 Å². The van der Waals surface area contributed by atoms with E-state index in [1.54, 1.807) is 77.9 Å². The highest BCUT2D eigenvalue weighted by atomic mass is 16.6. The van der Waals surface area contributed by atoms with E-state index in [1.165, 1.54) is 24.3 Å². The van der Waals surface area contributed by atoms with Crippen molar-refractivity contribution in [2.75, 3.05) is 26.3 Å². The maximum absolute atomic E-state index is 13.4. The Morgan fingerprint density at radius 3 is 2.04 bits per heavy atom. The number of nitrogens with zero attached hydrogens (tertiary/aromatic N) is 4. The molecule has 300 valence electrons. The largest absolute Gasteiger partial charge is 0.459 e. The van der Waals surface area contributed by atoms with E-state index in [0.717, 1.165) is 5.56 Å². The Morgan fingerprint density at radius 1 is 0.855 bits per heavy atom. The van der Waals surface area contributed by atoms with Gasteiger partial charge in [0.15, 0.2) is 11.6 Å². The van der Waals surface area contributed by atoms with Crippen molar-refractivity contribution >= 4 is 41.8 Å². The number of hydrogen-bond acceptors (Lipinski definition) is 12. The maximum atomic E-state index is 13.4. The molecule has 0 unspecified atom stereocenters. The number of pyridine rings is 1. The molecule has 1 fully saturated rings. The van der Waals surface area contributed by atoms with Crippen LogP contribution >= 0.6 is 0 Å². The first kappa shape index (κ1) is 44.2. The van der Waals surface area contributed by atoms with E-state index in [-0.39, 0.29) is 61.1 Å². The summed E-state index contributed by atoms with van der Waals surface area (Å²) in [4.78, 5) is 88.7. The lowest BCUT2D eigenvalue weighted by molar-refractivity contribution is -0.154. The van der Waals surface area contributed by atoms with Crippen molar-refractivity contribution in [1.82, 2.24) is 14.8 Å². The van der Waals surface area contributed by atoms with Crippen molar-refractivity contribution in [1.29, 1.82) is 0 Å². The second kappa shape index (κ2) is 19.9. The third-order valence-corrected chi connectivity index (χ3v) is 7.79. The number of benzene rings is 1. The number of amides is 4. The molecule has 2 aromatic rings. The number of rotatable bonds is 12. The van der Waals surface area contributed by atoms with Crippen LogP contribution in [0.25, 0.3) is 0 Å². The lowest BCUT2D eigenvalue weighted by Crippen LogP contribution is -2.46. The summed E-state index contributed by atoms with van der Waals surface area (Å²) in [7, 11) is 0. The normalized spacial score (nSPS) is 14.5. The predicted octanol–water partition coefficient (Wildman–Crippen LogP) is 6.75. The zero-order valence-corrected chi connectivity index (χ0v) is 33.3. The molecule has 0 spiro atoms. The van der Waals surface area contributed by atoms with Gasteiger partial charge >= 0.3 is 24.2 Å². The van der Waals surface area contributed by atoms with Gasteiger partial charge in [0.2, 0.25) is 5.91 Å². The number of esters is 1. The van der Waals surface area contributed by atoms with Gasteiger partial charge in [-0.2, -0.15) is 9.89 Å². The number of amidine groups is 1. The Bertz CT molecular complexity index is 1670. The second-order valence-electron chi connectivity index (χ2n) is 15.7. The van der Waals surface area contributed by atoms with Gasteiger partial charge in [-0.05, 0) is 66.4 Å². The van der Waals surface area contributed by atoms with Crippen LogP contribution in [0, 0.1) is 11.8 Å². The average Bonchev–Trinajstić information content (AvgIpc) is 3.10. The molecule has 1 aromatic heterocycles. The van der Waals surface area contributed by atoms with Gasteiger partial charge in [0.05, 0.1) is 12.7 Å². The topological polar surface area (TPSA) is 180 Å². The van der Waals surface area contributed by atoms with Gasteiger partial charge < -0.3 is 28.6 Å². The van der Waals surface area contributed by atoms with Crippen molar-refractivity contribution in [2.45, 2.75) is 105 Å². The second-order valence-corrected chi connectivity index (χ2v) is 15.7. The van der Waals surface area contributed by atoms with E-state index in [1.807, 2.05) is 13.8 Å². The molecule has 1 aliphatic heterocycles. The highest BCUT2D eigenvalue weighted by molar-refractivity contribution is 6.18. The first-order chi connectivity index (χ1) is 25.7. The number of likely N-dealkylation sites (tertiary alicyclic amines) is 1. The highest BCUT2D eigenvalue weighted by Crippen LogP contribution is 2.21. The number of carbonyl (C=O) groups excluding carboxylic acids is 6. The minimum atomic E-state index is -1.13. The van der Waals surface area contributed by atoms with Crippen LogP contribution < -0.4 is 0 Å². The fourth-order valence-electron chi connectivity index (χ4n) is 5.19. The van der Waals surface area contributed by atoms with Crippen LogP contribution in [-0.4, -0.2) is 100 Å². The van der Waals surface area contributed by atoms with Crippen molar-refractivity contribution in [3.8, 4) is 0 Å². The number of hydrogen-bond donors (Lipinski definition) is 0. The van der Waals surface area contributed by atoms with Gasteiger partial charge in [0.1, 0.15) is 24.4 Å². The van der Waals surface area contributed by atoms with Crippen molar-refractivity contribution < 1.29 is 52.5 Å². The van der Waals surface area contributed by atoms with Crippen LogP contribution in [0.15, 0.2) is 53.8 Å². The number of imide groups is 1. The van der Waals surface area contributed by atoms with Crippen LogP contribution in [0.1, 0.15) is 103 Å². The fraction of sp³-hybridized carbons (Fsp3) is 0.550. The van der Waals surface area contributed by atoms with E-state index in [9.17, 15) is 28.8 Å². The zero-order valence-electron chi connectivity index (χ0n) is 33.3. The van der Waals surface area contributed by atoms with Crippen molar-refractivity contribution in [2.24, 2.45) is 16.8 Å². The number of aromatic nitrogens is 1. The third-order valence-electron chi connectivity index (χ3n) is 7.79. The quantitative estimate of drug-likeness (QED) is 0.0730.